The van der Waals surface area contributed by atoms with Crippen LogP contribution in [0.15, 0.2) is 29.2 Å². The number of rotatable bonds is 5. The van der Waals surface area contributed by atoms with Crippen molar-refractivity contribution in [1.29, 1.82) is 0 Å². The number of benzene rings is 1. The summed E-state index contributed by atoms with van der Waals surface area (Å²) < 4.78 is 0. The minimum atomic E-state index is -0.344. The third-order valence-corrected chi connectivity index (χ3v) is 3.46. The van der Waals surface area contributed by atoms with Crippen LogP contribution in [0.4, 0.5) is 0 Å². The standard InChI is InChI=1S/C12H16N2OS/c1-16-10-6-2-8(3-7-10)11(12(13)15)14-9-4-5-9/h2-3,6-7,9,11,14H,4-5H2,1H3,(H2,13,15). The van der Waals surface area contributed by atoms with Gasteiger partial charge in [0.15, 0.2) is 0 Å². The molecule has 1 aromatic carbocycles. The second-order valence-corrected chi connectivity index (χ2v) is 4.93. The Bertz CT molecular complexity index is 373. The van der Waals surface area contributed by atoms with E-state index in [1.807, 2.05) is 30.5 Å². The van der Waals surface area contributed by atoms with Crippen LogP contribution in [0, 0.1) is 0 Å². The summed E-state index contributed by atoms with van der Waals surface area (Å²) >= 11 is 1.69. The molecule has 0 aliphatic heterocycles. The summed E-state index contributed by atoms with van der Waals surface area (Å²) in [5.74, 6) is -0.302. The minimum absolute atomic E-state index is 0.302. The topological polar surface area (TPSA) is 55.1 Å². The van der Waals surface area contributed by atoms with Gasteiger partial charge in [0.05, 0.1) is 0 Å². The predicted octanol–water partition coefficient (Wildman–Crippen LogP) is 1.69. The van der Waals surface area contributed by atoms with Crippen molar-refractivity contribution >= 4 is 17.7 Å². The van der Waals surface area contributed by atoms with Crippen molar-refractivity contribution in [2.75, 3.05) is 6.26 Å². The molecule has 1 amide bonds. The maximum atomic E-state index is 11.4. The Morgan fingerprint density at radius 1 is 1.44 bits per heavy atom. The highest BCUT2D eigenvalue weighted by molar-refractivity contribution is 7.98. The molecular formula is C12H16N2OS. The van der Waals surface area contributed by atoms with Gasteiger partial charge in [0.25, 0.3) is 0 Å². The van der Waals surface area contributed by atoms with Crippen molar-refractivity contribution < 1.29 is 4.79 Å². The third kappa shape index (κ3) is 2.77. The molecule has 4 heteroatoms. The summed E-state index contributed by atoms with van der Waals surface area (Å²) in [6, 6.07) is 8.10. The van der Waals surface area contributed by atoms with Crippen molar-refractivity contribution in [3.8, 4) is 0 Å². The van der Waals surface area contributed by atoms with Crippen LogP contribution in [0.25, 0.3) is 0 Å². The van der Waals surface area contributed by atoms with Crippen molar-refractivity contribution in [1.82, 2.24) is 5.32 Å². The molecule has 3 nitrogen and oxygen atoms in total. The molecule has 0 spiro atoms. The molecule has 2 rings (SSSR count). The van der Waals surface area contributed by atoms with Crippen molar-refractivity contribution in [3.63, 3.8) is 0 Å². The molecule has 1 aliphatic rings. The largest absolute Gasteiger partial charge is 0.368 e. The highest BCUT2D eigenvalue weighted by Crippen LogP contribution is 2.25. The van der Waals surface area contributed by atoms with E-state index < -0.39 is 0 Å². The lowest BCUT2D eigenvalue weighted by Crippen LogP contribution is -2.34. The lowest BCUT2D eigenvalue weighted by atomic mass is 10.1. The summed E-state index contributed by atoms with van der Waals surface area (Å²) in [5, 5.41) is 3.26. The van der Waals surface area contributed by atoms with Gasteiger partial charge in [-0.1, -0.05) is 12.1 Å². The van der Waals surface area contributed by atoms with E-state index >= 15 is 0 Å². The van der Waals surface area contributed by atoms with Crippen molar-refractivity contribution in [3.05, 3.63) is 29.8 Å². The molecule has 3 N–H and O–H groups in total. The summed E-state index contributed by atoms with van der Waals surface area (Å²) in [6.45, 7) is 0. The number of thioether (sulfide) groups is 1. The molecule has 86 valence electrons. The number of hydrogen-bond acceptors (Lipinski definition) is 3. The second-order valence-electron chi connectivity index (χ2n) is 4.05. The van der Waals surface area contributed by atoms with E-state index in [0.29, 0.717) is 6.04 Å². The van der Waals surface area contributed by atoms with Gasteiger partial charge in [-0.05, 0) is 36.8 Å². The molecule has 1 unspecified atom stereocenters. The first kappa shape index (κ1) is 11.5. The molecule has 1 atom stereocenters. The molecule has 0 saturated heterocycles. The molecule has 0 heterocycles. The van der Waals surface area contributed by atoms with E-state index in [1.54, 1.807) is 11.8 Å². The van der Waals surface area contributed by atoms with Gasteiger partial charge < -0.3 is 5.73 Å². The average Bonchev–Trinajstić information content (AvgIpc) is 3.09. The first-order chi connectivity index (χ1) is 7.70. The van der Waals surface area contributed by atoms with Crippen LogP contribution >= 0.6 is 11.8 Å². The summed E-state index contributed by atoms with van der Waals surface area (Å²) in [4.78, 5) is 12.6. The SMILES string of the molecule is CSc1ccc(C(NC2CC2)C(N)=O)cc1. The molecule has 1 saturated carbocycles. The Morgan fingerprint density at radius 2 is 2.06 bits per heavy atom. The van der Waals surface area contributed by atoms with E-state index in [-0.39, 0.29) is 11.9 Å². The fourth-order valence-corrected chi connectivity index (χ4v) is 2.03. The summed E-state index contributed by atoms with van der Waals surface area (Å²) in [5.41, 5.74) is 6.36. The molecular weight excluding hydrogens is 220 g/mol. The minimum Gasteiger partial charge on any atom is -0.368 e. The van der Waals surface area contributed by atoms with Crippen LogP contribution in [0.2, 0.25) is 0 Å². The smallest absolute Gasteiger partial charge is 0.239 e. The second kappa shape index (κ2) is 4.89. The van der Waals surface area contributed by atoms with Gasteiger partial charge in [-0.3, -0.25) is 10.1 Å². The van der Waals surface area contributed by atoms with Gasteiger partial charge in [0, 0.05) is 10.9 Å². The molecule has 1 aliphatic carbocycles. The summed E-state index contributed by atoms with van der Waals surface area (Å²) in [6.07, 6.45) is 4.32. The Hall–Kier alpha value is -1.00. The Labute approximate surface area is 99.8 Å². The first-order valence-electron chi connectivity index (χ1n) is 5.40. The van der Waals surface area contributed by atoms with Crippen molar-refractivity contribution in [2.24, 2.45) is 5.73 Å². The Kier molecular flexibility index (Phi) is 3.51. The Morgan fingerprint density at radius 3 is 2.50 bits per heavy atom. The van der Waals surface area contributed by atoms with E-state index in [1.165, 1.54) is 4.90 Å². The highest BCUT2D eigenvalue weighted by atomic mass is 32.2. The van der Waals surface area contributed by atoms with Gasteiger partial charge in [-0.15, -0.1) is 11.8 Å². The lowest BCUT2D eigenvalue weighted by molar-refractivity contribution is -0.120. The number of carbonyl (C=O) groups excluding carboxylic acids is 1. The molecule has 16 heavy (non-hydrogen) atoms. The van der Waals surface area contributed by atoms with E-state index in [2.05, 4.69) is 5.32 Å². The van der Waals surface area contributed by atoms with Gasteiger partial charge in [0.1, 0.15) is 6.04 Å². The number of primary amides is 1. The van der Waals surface area contributed by atoms with Crippen LogP contribution in [0.5, 0.6) is 0 Å². The number of hydrogen-bond donors (Lipinski definition) is 2. The van der Waals surface area contributed by atoms with E-state index in [4.69, 9.17) is 5.73 Å². The predicted molar refractivity (Wildman–Crippen MR) is 66.3 cm³/mol. The monoisotopic (exact) mass is 236 g/mol. The third-order valence-electron chi connectivity index (χ3n) is 2.71. The number of nitrogens with one attached hydrogen (secondary N) is 1. The fourth-order valence-electron chi connectivity index (χ4n) is 1.62. The summed E-state index contributed by atoms with van der Waals surface area (Å²) in [7, 11) is 0. The number of nitrogens with two attached hydrogens (primary N) is 1. The maximum absolute atomic E-state index is 11.4. The van der Waals surface area contributed by atoms with Crippen LogP contribution in [-0.2, 0) is 4.79 Å². The highest BCUT2D eigenvalue weighted by Gasteiger charge is 2.28. The van der Waals surface area contributed by atoms with Crippen LogP contribution in [-0.4, -0.2) is 18.2 Å². The van der Waals surface area contributed by atoms with Crippen LogP contribution < -0.4 is 11.1 Å². The maximum Gasteiger partial charge on any atom is 0.239 e. The number of carbonyl (C=O) groups is 1. The van der Waals surface area contributed by atoms with Gasteiger partial charge in [-0.2, -0.15) is 0 Å². The molecule has 0 bridgehead atoms. The molecule has 1 fully saturated rings. The molecule has 0 aromatic heterocycles. The average molecular weight is 236 g/mol. The zero-order valence-corrected chi connectivity index (χ0v) is 10.1. The zero-order valence-electron chi connectivity index (χ0n) is 9.27. The van der Waals surface area contributed by atoms with E-state index in [0.717, 1.165) is 18.4 Å². The normalized spacial score (nSPS) is 17.1. The first-order valence-corrected chi connectivity index (χ1v) is 6.62. The fraction of sp³-hybridized carbons (Fsp3) is 0.417. The Balaban J connectivity index is 2.13. The molecule has 1 aromatic rings. The zero-order chi connectivity index (χ0) is 11.5. The van der Waals surface area contributed by atoms with Gasteiger partial charge >= 0.3 is 0 Å². The van der Waals surface area contributed by atoms with E-state index in [9.17, 15) is 4.79 Å². The van der Waals surface area contributed by atoms with Gasteiger partial charge in [0.2, 0.25) is 5.91 Å². The number of amides is 1. The quantitative estimate of drug-likeness (QED) is 0.765. The lowest BCUT2D eigenvalue weighted by Gasteiger charge is -2.15. The molecule has 0 radical (unpaired) electrons. The van der Waals surface area contributed by atoms with Crippen molar-refractivity contribution in [2.45, 2.75) is 29.8 Å². The van der Waals surface area contributed by atoms with Crippen LogP contribution in [0.1, 0.15) is 24.4 Å². The van der Waals surface area contributed by atoms with Crippen LogP contribution in [0.3, 0.4) is 0 Å². The van der Waals surface area contributed by atoms with Gasteiger partial charge in [-0.25, -0.2) is 0 Å².